The second kappa shape index (κ2) is 10.1. The summed E-state index contributed by atoms with van der Waals surface area (Å²) >= 11 is 0. The van der Waals surface area contributed by atoms with E-state index in [0.29, 0.717) is 19.0 Å². The lowest BCUT2D eigenvalue weighted by Crippen LogP contribution is -2.45. The topological polar surface area (TPSA) is 55.8 Å². The van der Waals surface area contributed by atoms with E-state index < -0.39 is 0 Å². The van der Waals surface area contributed by atoms with Gasteiger partial charge in [0.15, 0.2) is 0 Å². The van der Waals surface area contributed by atoms with Crippen LogP contribution in [0, 0.1) is 11.8 Å². The lowest BCUT2D eigenvalue weighted by Gasteiger charge is -2.31. The zero-order chi connectivity index (χ0) is 21.6. The Morgan fingerprint density at radius 3 is 2.42 bits per heavy atom. The maximum Gasteiger partial charge on any atom is 0.323 e. The third-order valence-corrected chi connectivity index (χ3v) is 6.82. The molecule has 164 valence electrons. The molecule has 2 aliphatic rings. The Kier molecular flexibility index (Phi) is 7.03. The van der Waals surface area contributed by atoms with Gasteiger partial charge in [-0.3, -0.25) is 9.69 Å². The summed E-state index contributed by atoms with van der Waals surface area (Å²) in [6.45, 7) is 1.58. The van der Waals surface area contributed by atoms with Crippen molar-refractivity contribution in [3.8, 4) is 5.75 Å². The first-order valence-corrected chi connectivity index (χ1v) is 11.2. The Balaban J connectivity index is 1.48. The van der Waals surface area contributed by atoms with Gasteiger partial charge in [0.1, 0.15) is 24.7 Å². The number of carbonyl (C=O) groups is 2. The summed E-state index contributed by atoms with van der Waals surface area (Å²) < 4.78 is 11.0. The minimum Gasteiger partial charge on any atom is -0.497 e. The number of esters is 1. The molecule has 0 bridgehead atoms. The van der Waals surface area contributed by atoms with Crippen LogP contribution in [0.15, 0.2) is 54.6 Å². The number of carbonyl (C=O) groups excluding carboxylic acids is 2. The summed E-state index contributed by atoms with van der Waals surface area (Å²) in [5.41, 5.74) is 2.10. The lowest BCUT2D eigenvalue weighted by atomic mass is 9.90. The van der Waals surface area contributed by atoms with Gasteiger partial charge in [-0.1, -0.05) is 55.3 Å². The number of aldehydes is 1. The first kappa shape index (κ1) is 21.6. The highest BCUT2D eigenvalue weighted by Crippen LogP contribution is 2.38. The number of likely N-dealkylation sites (tertiary alicyclic amines) is 1. The Morgan fingerprint density at radius 2 is 1.77 bits per heavy atom. The number of benzene rings is 2. The first-order valence-electron chi connectivity index (χ1n) is 11.2. The number of ether oxygens (including phenoxy) is 2. The molecule has 0 N–H and O–H groups in total. The predicted molar refractivity (Wildman–Crippen MR) is 119 cm³/mol. The van der Waals surface area contributed by atoms with Crippen LogP contribution in [-0.4, -0.2) is 43.4 Å². The van der Waals surface area contributed by atoms with Crippen molar-refractivity contribution in [2.24, 2.45) is 11.8 Å². The molecular formula is C26H31NO4. The molecular weight excluding hydrogens is 390 g/mol. The van der Waals surface area contributed by atoms with Gasteiger partial charge in [-0.05, 0) is 42.0 Å². The second-order valence-electron chi connectivity index (χ2n) is 8.72. The number of methoxy groups -OCH3 is 1. The Hall–Kier alpha value is -2.66. The van der Waals surface area contributed by atoms with Crippen LogP contribution in [0.4, 0.5) is 0 Å². The van der Waals surface area contributed by atoms with Crippen molar-refractivity contribution in [2.75, 3.05) is 20.2 Å². The molecule has 5 heteroatoms. The van der Waals surface area contributed by atoms with E-state index in [4.69, 9.17) is 9.47 Å². The molecule has 0 radical (unpaired) electrons. The molecule has 0 unspecified atom stereocenters. The van der Waals surface area contributed by atoms with E-state index in [2.05, 4.69) is 17.0 Å². The summed E-state index contributed by atoms with van der Waals surface area (Å²) in [7, 11) is 1.63. The molecule has 5 nitrogen and oxygen atoms in total. The fourth-order valence-corrected chi connectivity index (χ4v) is 5.15. The summed E-state index contributed by atoms with van der Waals surface area (Å²) in [4.78, 5) is 27.3. The number of rotatable bonds is 8. The third-order valence-electron chi connectivity index (χ3n) is 6.82. The lowest BCUT2D eigenvalue weighted by molar-refractivity contribution is -0.153. The van der Waals surface area contributed by atoms with E-state index in [0.717, 1.165) is 43.3 Å². The van der Waals surface area contributed by atoms with Crippen molar-refractivity contribution >= 4 is 12.3 Å². The fourth-order valence-electron chi connectivity index (χ4n) is 5.15. The van der Waals surface area contributed by atoms with Crippen molar-refractivity contribution in [1.29, 1.82) is 0 Å². The number of hydrogen-bond donors (Lipinski definition) is 0. The zero-order valence-electron chi connectivity index (χ0n) is 18.1. The van der Waals surface area contributed by atoms with Crippen LogP contribution in [0.25, 0.3) is 0 Å². The van der Waals surface area contributed by atoms with Crippen molar-refractivity contribution < 1.29 is 19.1 Å². The summed E-state index contributed by atoms with van der Waals surface area (Å²) in [5, 5.41) is 0. The molecule has 2 aromatic carbocycles. The molecule has 0 aromatic heterocycles. The molecule has 3 atom stereocenters. The maximum absolute atomic E-state index is 13.3. The molecule has 31 heavy (non-hydrogen) atoms. The molecule has 1 saturated heterocycles. The maximum atomic E-state index is 13.3. The molecule has 0 amide bonds. The van der Waals surface area contributed by atoms with Crippen LogP contribution < -0.4 is 4.74 Å². The first-order chi connectivity index (χ1) is 15.2. The predicted octanol–water partition coefficient (Wildman–Crippen LogP) is 4.21. The van der Waals surface area contributed by atoms with Gasteiger partial charge in [0, 0.05) is 24.9 Å². The van der Waals surface area contributed by atoms with E-state index in [1.807, 2.05) is 42.5 Å². The van der Waals surface area contributed by atoms with E-state index in [-0.39, 0.29) is 30.5 Å². The highest BCUT2D eigenvalue weighted by molar-refractivity contribution is 5.76. The Morgan fingerprint density at radius 1 is 1.06 bits per heavy atom. The van der Waals surface area contributed by atoms with Crippen LogP contribution in [0.2, 0.25) is 0 Å². The van der Waals surface area contributed by atoms with Crippen LogP contribution in [-0.2, 0) is 20.9 Å². The van der Waals surface area contributed by atoms with Gasteiger partial charge in [-0.2, -0.15) is 0 Å². The smallest absolute Gasteiger partial charge is 0.323 e. The summed E-state index contributed by atoms with van der Waals surface area (Å²) in [5.74, 6) is 0.937. The fraction of sp³-hybridized carbons (Fsp3) is 0.462. The van der Waals surface area contributed by atoms with Crippen molar-refractivity contribution in [2.45, 2.75) is 44.2 Å². The van der Waals surface area contributed by atoms with Crippen LogP contribution in [0.5, 0.6) is 5.75 Å². The van der Waals surface area contributed by atoms with E-state index in [9.17, 15) is 9.59 Å². The van der Waals surface area contributed by atoms with Gasteiger partial charge in [-0.15, -0.1) is 0 Å². The van der Waals surface area contributed by atoms with Crippen molar-refractivity contribution in [3.05, 3.63) is 65.7 Å². The van der Waals surface area contributed by atoms with Crippen LogP contribution in [0.3, 0.4) is 0 Å². The van der Waals surface area contributed by atoms with Gasteiger partial charge in [-0.25, -0.2) is 0 Å². The molecule has 1 aliphatic carbocycles. The van der Waals surface area contributed by atoms with Gasteiger partial charge in [0.05, 0.1) is 7.11 Å². The molecule has 1 heterocycles. The van der Waals surface area contributed by atoms with Crippen molar-refractivity contribution in [3.63, 3.8) is 0 Å². The Bertz CT molecular complexity index is 861. The normalized spacial score (nSPS) is 22.9. The molecule has 2 fully saturated rings. The van der Waals surface area contributed by atoms with Gasteiger partial charge >= 0.3 is 5.97 Å². The minimum absolute atomic E-state index is 0.0966. The molecule has 1 aliphatic heterocycles. The van der Waals surface area contributed by atoms with E-state index in [1.54, 1.807) is 7.11 Å². The monoisotopic (exact) mass is 421 g/mol. The summed E-state index contributed by atoms with van der Waals surface area (Å²) in [6, 6.07) is 17.5. The van der Waals surface area contributed by atoms with E-state index in [1.165, 1.54) is 5.56 Å². The highest BCUT2D eigenvalue weighted by Gasteiger charge is 2.43. The van der Waals surface area contributed by atoms with Gasteiger partial charge < -0.3 is 14.3 Å². The highest BCUT2D eigenvalue weighted by atomic mass is 16.5. The van der Waals surface area contributed by atoms with Gasteiger partial charge in [0.2, 0.25) is 0 Å². The quantitative estimate of drug-likeness (QED) is 0.472. The molecule has 0 spiro atoms. The standard InChI is InChI=1S/C26H31NO4/c1-30-23-13-11-19(12-14-23)18-31-26(29)25(21-9-5-6-10-21)27-15-22(17-28)24(16-27)20-7-3-2-4-8-20/h2-4,7-8,11-14,17,21-22,24-25H,5-6,9-10,15-16,18H2,1H3/t22-,24-,25-/m1/s1. The van der Waals surface area contributed by atoms with E-state index >= 15 is 0 Å². The number of nitrogens with zero attached hydrogens (tertiary/aromatic N) is 1. The minimum atomic E-state index is -0.281. The zero-order valence-corrected chi connectivity index (χ0v) is 18.1. The Labute approximate surface area is 184 Å². The molecule has 1 saturated carbocycles. The SMILES string of the molecule is COc1ccc(COC(=O)[C@@H](C2CCCC2)N2C[C@H](c3ccccc3)[C@@H](C=O)C2)cc1. The van der Waals surface area contributed by atoms with Gasteiger partial charge in [0.25, 0.3) is 0 Å². The molecule has 4 rings (SSSR count). The largest absolute Gasteiger partial charge is 0.497 e. The van der Waals surface area contributed by atoms with Crippen molar-refractivity contribution in [1.82, 2.24) is 4.90 Å². The third kappa shape index (κ3) is 4.99. The summed E-state index contributed by atoms with van der Waals surface area (Å²) in [6.07, 6.45) is 5.45. The van der Waals surface area contributed by atoms with Crippen LogP contribution in [0.1, 0.15) is 42.7 Å². The number of hydrogen-bond acceptors (Lipinski definition) is 5. The average molecular weight is 422 g/mol. The second-order valence-corrected chi connectivity index (χ2v) is 8.72. The van der Waals surface area contributed by atoms with Crippen LogP contribution >= 0.6 is 0 Å². The molecule has 2 aromatic rings. The average Bonchev–Trinajstić information content (AvgIpc) is 3.49.